The lowest BCUT2D eigenvalue weighted by Gasteiger charge is -2.41. The van der Waals surface area contributed by atoms with E-state index in [9.17, 15) is 9.59 Å². The molecule has 23 heavy (non-hydrogen) atoms. The fourth-order valence-electron chi connectivity index (χ4n) is 4.30. The Morgan fingerprint density at radius 1 is 0.957 bits per heavy atom. The minimum atomic E-state index is -1.21. The van der Waals surface area contributed by atoms with E-state index in [1.54, 1.807) is 12.2 Å². The number of rotatable bonds is 8. The zero-order valence-electron chi connectivity index (χ0n) is 14.1. The van der Waals surface area contributed by atoms with Gasteiger partial charge in [-0.25, -0.2) is 0 Å². The molecule has 2 rings (SSSR count). The van der Waals surface area contributed by atoms with Crippen molar-refractivity contribution < 1.29 is 9.59 Å². The maximum absolute atomic E-state index is 13.5. The minimum absolute atomic E-state index is 0.0939. The van der Waals surface area contributed by atoms with E-state index in [4.69, 9.17) is 5.73 Å². The molecule has 2 saturated carbocycles. The molecule has 0 atom stereocenters. The summed E-state index contributed by atoms with van der Waals surface area (Å²) in [6.07, 6.45) is 12.6. The van der Waals surface area contributed by atoms with Crippen molar-refractivity contribution in [1.82, 2.24) is 4.90 Å². The van der Waals surface area contributed by atoms with Gasteiger partial charge < -0.3 is 10.6 Å². The van der Waals surface area contributed by atoms with E-state index in [0.29, 0.717) is 0 Å². The average Bonchev–Trinajstić information content (AvgIpc) is 3.20. The summed E-state index contributed by atoms with van der Waals surface area (Å²) in [4.78, 5) is 27.8. The van der Waals surface area contributed by atoms with Gasteiger partial charge in [0.1, 0.15) is 5.41 Å². The molecule has 0 heterocycles. The van der Waals surface area contributed by atoms with Gasteiger partial charge in [0.2, 0.25) is 11.8 Å². The molecule has 0 unspecified atom stereocenters. The lowest BCUT2D eigenvalue weighted by Crippen LogP contribution is -2.56. The van der Waals surface area contributed by atoms with Crippen molar-refractivity contribution in [1.29, 1.82) is 0 Å². The smallest absolute Gasteiger partial charge is 0.239 e. The summed E-state index contributed by atoms with van der Waals surface area (Å²) in [6.45, 7) is 7.47. The number of nitrogens with two attached hydrogens (primary N) is 1. The standard InChI is InChI=1S/C19H30N2O2/c1-3-13-19(14-4-2,17(20)22)18(23)21(15-9-5-6-10-15)16-11-7-8-12-16/h3-4,15-16H,1-2,5-14H2,(H2,20,22). The van der Waals surface area contributed by atoms with E-state index >= 15 is 0 Å². The monoisotopic (exact) mass is 318 g/mol. The van der Waals surface area contributed by atoms with Crippen LogP contribution in [-0.2, 0) is 9.59 Å². The van der Waals surface area contributed by atoms with E-state index in [1.807, 2.05) is 4.90 Å². The van der Waals surface area contributed by atoms with Crippen molar-refractivity contribution in [3.8, 4) is 0 Å². The van der Waals surface area contributed by atoms with Crippen LogP contribution < -0.4 is 5.73 Å². The molecule has 0 aliphatic heterocycles. The fourth-order valence-corrected chi connectivity index (χ4v) is 4.30. The van der Waals surface area contributed by atoms with Crippen LogP contribution in [0.3, 0.4) is 0 Å². The molecule has 128 valence electrons. The van der Waals surface area contributed by atoms with E-state index < -0.39 is 11.3 Å². The molecule has 2 aliphatic carbocycles. The molecule has 2 fully saturated rings. The van der Waals surface area contributed by atoms with Gasteiger partial charge in [0, 0.05) is 12.1 Å². The second-order valence-corrected chi connectivity index (χ2v) is 7.02. The van der Waals surface area contributed by atoms with Crippen molar-refractivity contribution in [2.75, 3.05) is 0 Å². The lowest BCUT2D eigenvalue weighted by molar-refractivity contribution is -0.153. The Labute approximate surface area is 139 Å². The highest BCUT2D eigenvalue weighted by Gasteiger charge is 2.48. The first kappa shape index (κ1) is 17.8. The van der Waals surface area contributed by atoms with E-state index in [2.05, 4.69) is 13.2 Å². The summed E-state index contributed by atoms with van der Waals surface area (Å²) in [5.41, 5.74) is 4.48. The molecule has 2 N–H and O–H groups in total. The van der Waals surface area contributed by atoms with Crippen LogP contribution in [0.25, 0.3) is 0 Å². The van der Waals surface area contributed by atoms with Crippen LogP contribution in [0.4, 0.5) is 0 Å². The molecule has 4 nitrogen and oxygen atoms in total. The topological polar surface area (TPSA) is 63.4 Å². The molecular weight excluding hydrogens is 288 g/mol. The van der Waals surface area contributed by atoms with Gasteiger partial charge in [-0.2, -0.15) is 0 Å². The Balaban J connectivity index is 2.36. The van der Waals surface area contributed by atoms with Gasteiger partial charge >= 0.3 is 0 Å². The molecule has 0 bridgehead atoms. The third-order valence-electron chi connectivity index (χ3n) is 5.54. The van der Waals surface area contributed by atoms with Crippen LogP contribution in [0.5, 0.6) is 0 Å². The summed E-state index contributed by atoms with van der Waals surface area (Å²) in [7, 11) is 0. The first-order valence-electron chi connectivity index (χ1n) is 8.91. The number of nitrogens with zero attached hydrogens (tertiary/aromatic N) is 1. The first-order valence-corrected chi connectivity index (χ1v) is 8.91. The van der Waals surface area contributed by atoms with Crippen LogP contribution in [0.2, 0.25) is 0 Å². The number of hydrogen-bond donors (Lipinski definition) is 1. The summed E-state index contributed by atoms with van der Waals surface area (Å²) >= 11 is 0. The van der Waals surface area contributed by atoms with Gasteiger partial charge in [-0.15, -0.1) is 13.2 Å². The predicted octanol–water partition coefficient (Wildman–Crippen LogP) is 3.32. The lowest BCUT2D eigenvalue weighted by atomic mass is 9.78. The Morgan fingerprint density at radius 3 is 1.65 bits per heavy atom. The number of amides is 2. The Kier molecular flexibility index (Phi) is 6.03. The first-order chi connectivity index (χ1) is 11.1. The van der Waals surface area contributed by atoms with Gasteiger partial charge in [0.15, 0.2) is 0 Å². The molecule has 2 aliphatic rings. The Bertz CT molecular complexity index is 434. The summed E-state index contributed by atoms with van der Waals surface area (Å²) in [6, 6.07) is 0.526. The molecule has 0 spiro atoms. The van der Waals surface area contributed by atoms with Crippen molar-refractivity contribution in [3.63, 3.8) is 0 Å². The number of allylic oxidation sites excluding steroid dienone is 2. The highest BCUT2D eigenvalue weighted by atomic mass is 16.2. The van der Waals surface area contributed by atoms with E-state index in [1.165, 1.54) is 0 Å². The number of hydrogen-bond acceptors (Lipinski definition) is 2. The van der Waals surface area contributed by atoms with Crippen LogP contribution >= 0.6 is 0 Å². The van der Waals surface area contributed by atoms with E-state index in [0.717, 1.165) is 51.4 Å². The number of carbonyl (C=O) groups is 2. The fraction of sp³-hybridized carbons (Fsp3) is 0.684. The highest BCUT2D eigenvalue weighted by molar-refractivity contribution is 6.05. The average molecular weight is 318 g/mol. The largest absolute Gasteiger partial charge is 0.369 e. The molecule has 0 saturated heterocycles. The Hall–Kier alpha value is -1.58. The summed E-state index contributed by atoms with van der Waals surface area (Å²) in [5.74, 6) is -0.646. The molecular formula is C19H30N2O2. The van der Waals surface area contributed by atoms with Gasteiger partial charge in [0.25, 0.3) is 0 Å². The maximum atomic E-state index is 13.5. The molecule has 2 amide bonds. The third-order valence-corrected chi connectivity index (χ3v) is 5.54. The van der Waals surface area contributed by atoms with Gasteiger partial charge in [-0.1, -0.05) is 37.8 Å². The zero-order chi connectivity index (χ0) is 16.9. The quantitative estimate of drug-likeness (QED) is 0.551. The third kappa shape index (κ3) is 3.51. The maximum Gasteiger partial charge on any atom is 0.239 e. The number of primary amides is 1. The van der Waals surface area contributed by atoms with Gasteiger partial charge in [-0.3, -0.25) is 9.59 Å². The molecule has 0 radical (unpaired) electrons. The summed E-state index contributed by atoms with van der Waals surface area (Å²) < 4.78 is 0. The second-order valence-electron chi connectivity index (χ2n) is 7.02. The summed E-state index contributed by atoms with van der Waals surface area (Å²) in [5, 5.41) is 0. The van der Waals surface area contributed by atoms with Crippen LogP contribution in [0.1, 0.15) is 64.2 Å². The van der Waals surface area contributed by atoms with Gasteiger partial charge in [-0.05, 0) is 38.5 Å². The van der Waals surface area contributed by atoms with Crippen LogP contribution in [0, 0.1) is 5.41 Å². The van der Waals surface area contributed by atoms with Crippen LogP contribution in [0.15, 0.2) is 25.3 Å². The zero-order valence-corrected chi connectivity index (χ0v) is 14.1. The SMILES string of the molecule is C=CCC(CC=C)(C(N)=O)C(=O)N(C1CCCC1)C1CCCC1. The number of carbonyl (C=O) groups excluding carboxylic acids is 2. The molecule has 0 aromatic heterocycles. The predicted molar refractivity (Wildman–Crippen MR) is 92.6 cm³/mol. The van der Waals surface area contributed by atoms with Crippen LogP contribution in [-0.4, -0.2) is 28.8 Å². The molecule has 0 aromatic carbocycles. The Morgan fingerprint density at radius 2 is 1.35 bits per heavy atom. The second kappa shape index (κ2) is 7.80. The van der Waals surface area contributed by atoms with Crippen molar-refractivity contribution in [3.05, 3.63) is 25.3 Å². The van der Waals surface area contributed by atoms with Crippen molar-refractivity contribution >= 4 is 11.8 Å². The van der Waals surface area contributed by atoms with Gasteiger partial charge in [0.05, 0.1) is 0 Å². The minimum Gasteiger partial charge on any atom is -0.369 e. The highest BCUT2D eigenvalue weighted by Crippen LogP contribution is 2.38. The molecule has 0 aromatic rings. The van der Waals surface area contributed by atoms with E-state index in [-0.39, 0.29) is 30.8 Å². The van der Waals surface area contributed by atoms with Crippen molar-refractivity contribution in [2.45, 2.75) is 76.3 Å². The molecule has 4 heteroatoms. The van der Waals surface area contributed by atoms with Crippen molar-refractivity contribution in [2.24, 2.45) is 11.1 Å². The normalized spacial score (nSPS) is 19.7.